The van der Waals surface area contributed by atoms with Gasteiger partial charge in [0.2, 0.25) is 0 Å². The maximum atomic E-state index is 12.1. The molecule has 1 fully saturated rings. The molecule has 22 heavy (non-hydrogen) atoms. The lowest BCUT2D eigenvalue weighted by atomic mass is 9.97. The van der Waals surface area contributed by atoms with Crippen LogP contribution in [0.25, 0.3) is 0 Å². The summed E-state index contributed by atoms with van der Waals surface area (Å²) in [5.74, 6) is 0. The largest absolute Gasteiger partial charge is 0.373 e. The monoisotopic (exact) mass is 300 g/mol. The Morgan fingerprint density at radius 2 is 2.00 bits per heavy atom. The minimum absolute atomic E-state index is 0.0599. The zero-order valence-corrected chi connectivity index (χ0v) is 12.8. The van der Waals surface area contributed by atoms with Gasteiger partial charge in [0.15, 0.2) is 0 Å². The summed E-state index contributed by atoms with van der Waals surface area (Å²) in [4.78, 5) is 12.1. The fourth-order valence-corrected chi connectivity index (χ4v) is 3.16. The van der Waals surface area contributed by atoms with Gasteiger partial charge in [0, 0.05) is 18.7 Å². The van der Waals surface area contributed by atoms with Crippen molar-refractivity contribution in [1.29, 1.82) is 0 Å². The highest BCUT2D eigenvalue weighted by Crippen LogP contribution is 2.27. The second-order valence-electron chi connectivity index (χ2n) is 6.07. The van der Waals surface area contributed by atoms with Crippen LogP contribution in [-0.2, 0) is 4.74 Å². The third-order valence-corrected chi connectivity index (χ3v) is 4.36. The summed E-state index contributed by atoms with van der Waals surface area (Å²) in [5.41, 5.74) is 1.18. The highest BCUT2D eigenvalue weighted by molar-refractivity contribution is 5.74. The van der Waals surface area contributed by atoms with Crippen LogP contribution in [0.5, 0.6) is 0 Å². The Morgan fingerprint density at radius 1 is 1.14 bits per heavy atom. The van der Waals surface area contributed by atoms with Gasteiger partial charge >= 0.3 is 6.03 Å². The van der Waals surface area contributed by atoms with Gasteiger partial charge in [-0.3, -0.25) is 0 Å². The summed E-state index contributed by atoms with van der Waals surface area (Å²) < 4.78 is 5.84. The zero-order valence-electron chi connectivity index (χ0n) is 12.8. The molecule has 1 aromatic rings. The molecule has 2 amide bonds. The Labute approximate surface area is 131 Å². The Balaban J connectivity index is 1.50. The number of allylic oxidation sites excluding steroid dienone is 1. The van der Waals surface area contributed by atoms with E-state index in [0.29, 0.717) is 6.61 Å². The van der Waals surface area contributed by atoms with Crippen LogP contribution in [0.4, 0.5) is 4.79 Å². The van der Waals surface area contributed by atoms with Crippen molar-refractivity contribution < 1.29 is 9.53 Å². The van der Waals surface area contributed by atoms with Gasteiger partial charge in [0.1, 0.15) is 0 Å². The molecule has 0 spiro atoms. The van der Waals surface area contributed by atoms with Gasteiger partial charge in [-0.05, 0) is 37.7 Å². The van der Waals surface area contributed by atoms with Gasteiger partial charge in [0.25, 0.3) is 0 Å². The molecule has 1 saturated heterocycles. The Kier molecular flexibility index (Phi) is 5.11. The molecule has 2 aliphatic rings. The van der Waals surface area contributed by atoms with Crippen molar-refractivity contribution in [2.45, 2.75) is 50.3 Å². The number of carbonyl (C=O) groups excluding carboxylic acids is 1. The third kappa shape index (κ3) is 4.10. The van der Waals surface area contributed by atoms with E-state index in [0.717, 1.165) is 32.1 Å². The van der Waals surface area contributed by atoms with E-state index >= 15 is 0 Å². The lowest BCUT2D eigenvalue weighted by Gasteiger charge is -2.31. The molecule has 1 heterocycles. The summed E-state index contributed by atoms with van der Waals surface area (Å²) in [6.07, 6.45) is 9.33. The molecule has 3 unspecified atom stereocenters. The van der Waals surface area contributed by atoms with Crippen LogP contribution >= 0.6 is 0 Å². The van der Waals surface area contributed by atoms with Gasteiger partial charge in [-0.25, -0.2) is 4.79 Å². The Morgan fingerprint density at radius 3 is 2.77 bits per heavy atom. The molecule has 4 nitrogen and oxygen atoms in total. The predicted molar refractivity (Wildman–Crippen MR) is 86.6 cm³/mol. The molecule has 1 aliphatic carbocycles. The minimum Gasteiger partial charge on any atom is -0.373 e. The molecule has 2 N–H and O–H groups in total. The standard InChI is InChI=1S/C18H24N2O2/c21-18(19-15-9-5-2-6-10-15)20-16-11-12-22-17(13-16)14-7-3-1-4-8-14/h1,3-5,7-9,15-17H,2,6,10-13H2,(H2,19,20,21). The molecule has 4 heteroatoms. The van der Waals surface area contributed by atoms with Crippen LogP contribution in [0.2, 0.25) is 0 Å². The van der Waals surface area contributed by atoms with Gasteiger partial charge < -0.3 is 15.4 Å². The first-order valence-corrected chi connectivity index (χ1v) is 8.21. The van der Waals surface area contributed by atoms with Gasteiger partial charge in [-0.2, -0.15) is 0 Å². The van der Waals surface area contributed by atoms with Crippen molar-refractivity contribution >= 4 is 6.03 Å². The number of urea groups is 1. The molecule has 0 radical (unpaired) electrons. The van der Waals surface area contributed by atoms with Gasteiger partial charge in [-0.15, -0.1) is 0 Å². The number of carbonyl (C=O) groups is 1. The van der Waals surface area contributed by atoms with E-state index in [-0.39, 0.29) is 24.2 Å². The Bertz CT molecular complexity index is 515. The number of amides is 2. The first kappa shape index (κ1) is 15.1. The zero-order chi connectivity index (χ0) is 15.2. The smallest absolute Gasteiger partial charge is 0.315 e. The van der Waals surface area contributed by atoms with Gasteiger partial charge in [0.05, 0.1) is 6.10 Å². The SMILES string of the molecule is O=C(NC1C=CCCC1)NC1CCOC(c2ccccc2)C1. The number of hydrogen-bond donors (Lipinski definition) is 2. The van der Waals surface area contributed by atoms with Crippen LogP contribution < -0.4 is 10.6 Å². The van der Waals surface area contributed by atoms with E-state index in [1.54, 1.807) is 0 Å². The number of ether oxygens (including phenoxy) is 1. The average Bonchev–Trinajstić information content (AvgIpc) is 2.57. The van der Waals surface area contributed by atoms with Gasteiger partial charge in [-0.1, -0.05) is 42.5 Å². The summed E-state index contributed by atoms with van der Waals surface area (Å²) >= 11 is 0. The van der Waals surface area contributed by atoms with E-state index in [1.165, 1.54) is 5.56 Å². The fourth-order valence-electron chi connectivity index (χ4n) is 3.16. The molecule has 3 atom stereocenters. The molecule has 0 aromatic heterocycles. The number of benzene rings is 1. The highest BCUT2D eigenvalue weighted by Gasteiger charge is 2.25. The van der Waals surface area contributed by atoms with Crippen molar-refractivity contribution in [2.24, 2.45) is 0 Å². The van der Waals surface area contributed by atoms with Crippen molar-refractivity contribution in [2.75, 3.05) is 6.61 Å². The van der Waals surface area contributed by atoms with E-state index in [9.17, 15) is 4.79 Å². The van der Waals surface area contributed by atoms with Crippen LogP contribution in [-0.4, -0.2) is 24.7 Å². The van der Waals surface area contributed by atoms with Crippen LogP contribution in [0.3, 0.4) is 0 Å². The summed E-state index contributed by atoms with van der Waals surface area (Å²) in [6.45, 7) is 0.688. The molecule has 3 rings (SSSR count). The molecule has 118 valence electrons. The van der Waals surface area contributed by atoms with Crippen LogP contribution in [0, 0.1) is 0 Å². The normalized spacial score (nSPS) is 28.1. The molecular weight excluding hydrogens is 276 g/mol. The average molecular weight is 300 g/mol. The molecule has 1 aliphatic heterocycles. The third-order valence-electron chi connectivity index (χ3n) is 4.36. The van der Waals surface area contributed by atoms with Crippen LogP contribution in [0.1, 0.15) is 43.8 Å². The molecule has 1 aromatic carbocycles. The number of hydrogen-bond acceptors (Lipinski definition) is 2. The summed E-state index contributed by atoms with van der Waals surface area (Å²) in [6, 6.07) is 10.5. The van der Waals surface area contributed by atoms with E-state index < -0.39 is 0 Å². The maximum Gasteiger partial charge on any atom is 0.315 e. The highest BCUT2D eigenvalue weighted by atomic mass is 16.5. The minimum atomic E-state index is -0.0599. The lowest BCUT2D eigenvalue weighted by Crippen LogP contribution is -2.48. The summed E-state index contributed by atoms with van der Waals surface area (Å²) in [7, 11) is 0. The molecule has 0 saturated carbocycles. The predicted octanol–water partition coefficient (Wildman–Crippen LogP) is 3.31. The molecular formula is C18H24N2O2. The van der Waals surface area contributed by atoms with Crippen LogP contribution in [0.15, 0.2) is 42.5 Å². The quantitative estimate of drug-likeness (QED) is 0.841. The maximum absolute atomic E-state index is 12.1. The molecule has 0 bridgehead atoms. The van der Waals surface area contributed by atoms with Crippen molar-refractivity contribution in [1.82, 2.24) is 10.6 Å². The lowest BCUT2D eigenvalue weighted by molar-refractivity contribution is 0.00223. The summed E-state index contributed by atoms with van der Waals surface area (Å²) in [5, 5.41) is 6.15. The van der Waals surface area contributed by atoms with Crippen molar-refractivity contribution in [3.05, 3.63) is 48.0 Å². The first-order chi connectivity index (χ1) is 10.8. The second kappa shape index (κ2) is 7.45. The topological polar surface area (TPSA) is 50.4 Å². The number of rotatable bonds is 3. The van der Waals surface area contributed by atoms with E-state index in [1.807, 2.05) is 18.2 Å². The van der Waals surface area contributed by atoms with Crippen molar-refractivity contribution in [3.8, 4) is 0 Å². The Hall–Kier alpha value is -1.81. The second-order valence-corrected chi connectivity index (χ2v) is 6.07. The number of nitrogens with one attached hydrogen (secondary N) is 2. The fraction of sp³-hybridized carbons (Fsp3) is 0.500. The van der Waals surface area contributed by atoms with E-state index in [2.05, 4.69) is 34.9 Å². The first-order valence-electron chi connectivity index (χ1n) is 8.21. The van der Waals surface area contributed by atoms with E-state index in [4.69, 9.17) is 4.74 Å². The van der Waals surface area contributed by atoms with Crippen molar-refractivity contribution in [3.63, 3.8) is 0 Å².